The molecule has 4 heteroatoms. The molecular formula is C16H18N2O2. The lowest BCUT2D eigenvalue weighted by atomic mass is 9.88. The molecule has 0 fully saturated rings. The molecule has 0 saturated carbocycles. The van der Waals surface area contributed by atoms with Crippen LogP contribution in [0.2, 0.25) is 0 Å². The van der Waals surface area contributed by atoms with E-state index >= 15 is 0 Å². The second-order valence-electron chi connectivity index (χ2n) is 4.76. The van der Waals surface area contributed by atoms with Crippen molar-refractivity contribution in [1.29, 1.82) is 5.26 Å². The number of benzene rings is 1. The summed E-state index contributed by atoms with van der Waals surface area (Å²) in [5.74, 6) is -1.44. The van der Waals surface area contributed by atoms with E-state index in [1.54, 1.807) is 6.92 Å². The van der Waals surface area contributed by atoms with Crippen molar-refractivity contribution in [2.75, 3.05) is 6.61 Å². The van der Waals surface area contributed by atoms with Gasteiger partial charge in [-0.05, 0) is 37.3 Å². The minimum Gasteiger partial charge on any atom is -0.465 e. The second-order valence-corrected chi connectivity index (χ2v) is 4.76. The molecule has 0 aromatic heterocycles. The molecule has 1 aliphatic carbocycles. The molecule has 4 nitrogen and oxygen atoms in total. The van der Waals surface area contributed by atoms with Gasteiger partial charge in [0.2, 0.25) is 0 Å². The molecule has 0 N–H and O–H groups in total. The lowest BCUT2D eigenvalue weighted by Crippen LogP contribution is -2.18. The van der Waals surface area contributed by atoms with Crippen molar-refractivity contribution in [2.24, 2.45) is 10.9 Å². The number of fused-ring (bicyclic) bond motifs is 1. The van der Waals surface area contributed by atoms with Crippen molar-refractivity contribution in [1.82, 2.24) is 0 Å². The van der Waals surface area contributed by atoms with Crippen LogP contribution in [0, 0.1) is 17.2 Å². The number of rotatable bonds is 4. The summed E-state index contributed by atoms with van der Waals surface area (Å²) in [5, 5.41) is 9.01. The number of hydrogen-bond donors (Lipinski definition) is 0. The maximum atomic E-state index is 11.6. The Bertz CT molecular complexity index is 546. The molecule has 0 unspecified atom stereocenters. The highest BCUT2D eigenvalue weighted by Crippen LogP contribution is 2.32. The van der Waals surface area contributed by atoms with Crippen LogP contribution in [-0.2, 0) is 16.0 Å². The minimum atomic E-state index is -0.913. The Morgan fingerprint density at radius 2 is 2.40 bits per heavy atom. The highest BCUT2D eigenvalue weighted by atomic mass is 16.5. The number of carbonyl (C=O) groups excluding carboxylic acids is 1. The molecule has 20 heavy (non-hydrogen) atoms. The number of carbonyl (C=O) groups is 1. The van der Waals surface area contributed by atoms with Gasteiger partial charge in [-0.25, -0.2) is 0 Å². The third kappa shape index (κ3) is 3.24. The van der Waals surface area contributed by atoms with Gasteiger partial charge in [0, 0.05) is 6.21 Å². The average molecular weight is 270 g/mol. The van der Waals surface area contributed by atoms with Crippen LogP contribution in [0.4, 0.5) is 0 Å². The highest BCUT2D eigenvalue weighted by Gasteiger charge is 2.21. The van der Waals surface area contributed by atoms with Crippen molar-refractivity contribution in [3.63, 3.8) is 0 Å². The molecular weight excluding hydrogens is 252 g/mol. The largest absolute Gasteiger partial charge is 0.465 e. The maximum absolute atomic E-state index is 11.6. The van der Waals surface area contributed by atoms with E-state index < -0.39 is 11.9 Å². The Hall–Kier alpha value is -2.15. The zero-order valence-corrected chi connectivity index (χ0v) is 11.6. The van der Waals surface area contributed by atoms with Crippen LogP contribution in [0.1, 0.15) is 36.9 Å². The van der Waals surface area contributed by atoms with Crippen LogP contribution in [0.25, 0.3) is 0 Å². The smallest absolute Gasteiger partial charge is 0.328 e. The van der Waals surface area contributed by atoms with Gasteiger partial charge in [0.05, 0.1) is 18.7 Å². The molecule has 1 aliphatic rings. The first-order chi connectivity index (χ1) is 9.76. The molecule has 0 heterocycles. The monoisotopic (exact) mass is 270 g/mol. The summed E-state index contributed by atoms with van der Waals surface area (Å²) in [7, 11) is 0. The first-order valence-electron chi connectivity index (χ1n) is 6.93. The number of ether oxygens (including phenoxy) is 1. The minimum absolute atomic E-state index is 0.0465. The Balaban J connectivity index is 2.12. The molecule has 0 saturated heterocycles. The molecule has 1 aromatic rings. The molecule has 1 aromatic carbocycles. The molecule has 0 amide bonds. The van der Waals surface area contributed by atoms with Gasteiger partial charge in [-0.2, -0.15) is 5.26 Å². The van der Waals surface area contributed by atoms with Gasteiger partial charge in [0.25, 0.3) is 0 Å². The van der Waals surface area contributed by atoms with E-state index in [-0.39, 0.29) is 12.6 Å². The maximum Gasteiger partial charge on any atom is 0.328 e. The Morgan fingerprint density at radius 1 is 1.60 bits per heavy atom. The van der Waals surface area contributed by atoms with E-state index in [2.05, 4.69) is 17.1 Å². The zero-order valence-electron chi connectivity index (χ0n) is 11.6. The standard InChI is InChI=1S/C16H18N2O2/c1-2-20-16(19)13(10-17)11-18-15-9-5-7-12-6-3-4-8-14(12)15/h3-4,6,8,11,13,15H,2,5,7,9H2,1H3/t13-,15+/m0/s1. The van der Waals surface area contributed by atoms with E-state index in [0.29, 0.717) is 0 Å². The fourth-order valence-electron chi connectivity index (χ4n) is 2.45. The number of hydrogen-bond acceptors (Lipinski definition) is 4. The van der Waals surface area contributed by atoms with Crippen LogP contribution < -0.4 is 0 Å². The number of nitrogens with zero attached hydrogens (tertiary/aromatic N) is 2. The fraction of sp³-hybridized carbons (Fsp3) is 0.438. The first kappa shape index (κ1) is 14.3. The lowest BCUT2D eigenvalue weighted by Gasteiger charge is -2.22. The van der Waals surface area contributed by atoms with Gasteiger partial charge >= 0.3 is 5.97 Å². The molecule has 0 aliphatic heterocycles. The van der Waals surface area contributed by atoms with Crippen LogP contribution in [0.15, 0.2) is 29.3 Å². The second kappa shape index (κ2) is 6.85. The number of esters is 1. The quantitative estimate of drug-likeness (QED) is 0.624. The van der Waals surface area contributed by atoms with Gasteiger partial charge in [0.15, 0.2) is 5.92 Å². The normalized spacial score (nSPS) is 19.1. The molecule has 2 rings (SSSR count). The lowest BCUT2D eigenvalue weighted by molar-refractivity contribution is -0.143. The molecule has 0 bridgehead atoms. The van der Waals surface area contributed by atoms with Gasteiger partial charge in [0.1, 0.15) is 0 Å². The van der Waals surface area contributed by atoms with Crippen LogP contribution in [-0.4, -0.2) is 18.8 Å². The average Bonchev–Trinajstić information content (AvgIpc) is 2.48. The molecule has 0 radical (unpaired) electrons. The van der Waals surface area contributed by atoms with Crippen molar-refractivity contribution >= 4 is 12.2 Å². The van der Waals surface area contributed by atoms with Crippen LogP contribution >= 0.6 is 0 Å². The van der Waals surface area contributed by atoms with E-state index in [9.17, 15) is 4.79 Å². The molecule has 0 spiro atoms. The molecule has 2 atom stereocenters. The third-order valence-electron chi connectivity index (χ3n) is 3.43. The van der Waals surface area contributed by atoms with Crippen molar-refractivity contribution < 1.29 is 9.53 Å². The summed E-state index contributed by atoms with van der Waals surface area (Å²) in [6.45, 7) is 2.00. The van der Waals surface area contributed by atoms with Gasteiger partial charge in [-0.1, -0.05) is 24.3 Å². The molecule has 104 valence electrons. The predicted molar refractivity (Wildman–Crippen MR) is 76.3 cm³/mol. The van der Waals surface area contributed by atoms with E-state index in [0.717, 1.165) is 19.3 Å². The van der Waals surface area contributed by atoms with Gasteiger partial charge in [-0.3, -0.25) is 9.79 Å². The van der Waals surface area contributed by atoms with Gasteiger partial charge < -0.3 is 4.74 Å². The van der Waals surface area contributed by atoms with Crippen molar-refractivity contribution in [2.45, 2.75) is 32.2 Å². The van der Waals surface area contributed by atoms with Crippen LogP contribution in [0.5, 0.6) is 0 Å². The van der Waals surface area contributed by atoms with E-state index in [4.69, 9.17) is 10.00 Å². The van der Waals surface area contributed by atoms with Crippen LogP contribution in [0.3, 0.4) is 0 Å². The number of nitriles is 1. The summed E-state index contributed by atoms with van der Waals surface area (Å²) in [6.07, 6.45) is 4.54. The van der Waals surface area contributed by atoms with E-state index in [1.807, 2.05) is 18.2 Å². The summed E-state index contributed by atoms with van der Waals surface area (Å²) < 4.78 is 4.85. The van der Waals surface area contributed by atoms with Crippen molar-refractivity contribution in [3.05, 3.63) is 35.4 Å². The highest BCUT2D eigenvalue weighted by molar-refractivity contribution is 5.92. The fourth-order valence-corrected chi connectivity index (χ4v) is 2.45. The number of aryl methyl sites for hydroxylation is 1. The summed E-state index contributed by atoms with van der Waals surface area (Å²) in [6, 6.07) is 10.2. The Kier molecular flexibility index (Phi) is 4.89. The SMILES string of the molecule is CCOC(=O)[C@@H](C#N)C=N[C@@H]1CCCc2ccccc21. The Morgan fingerprint density at radius 3 is 3.15 bits per heavy atom. The topological polar surface area (TPSA) is 62.5 Å². The summed E-state index contributed by atoms with van der Waals surface area (Å²) >= 11 is 0. The zero-order chi connectivity index (χ0) is 14.4. The van der Waals surface area contributed by atoms with Gasteiger partial charge in [-0.15, -0.1) is 0 Å². The third-order valence-corrected chi connectivity index (χ3v) is 3.43. The predicted octanol–water partition coefficient (Wildman–Crippen LogP) is 2.84. The Labute approximate surface area is 119 Å². The number of aliphatic imine (C=N–C) groups is 1. The summed E-state index contributed by atoms with van der Waals surface area (Å²) in [5.41, 5.74) is 2.51. The first-order valence-corrected chi connectivity index (χ1v) is 6.93. The summed E-state index contributed by atoms with van der Waals surface area (Å²) in [4.78, 5) is 16.0. The van der Waals surface area contributed by atoms with Crippen molar-refractivity contribution in [3.8, 4) is 6.07 Å². The van der Waals surface area contributed by atoms with E-state index in [1.165, 1.54) is 17.3 Å².